The quantitative estimate of drug-likeness (QED) is 0.444. The molecule has 1 saturated heterocycles. The first-order valence-corrected chi connectivity index (χ1v) is 6.69. The summed E-state index contributed by atoms with van der Waals surface area (Å²) in [5.74, 6) is 1.04. The van der Waals surface area contributed by atoms with E-state index >= 15 is 0 Å². The summed E-state index contributed by atoms with van der Waals surface area (Å²) >= 11 is 6.03. The first-order chi connectivity index (χ1) is 9.19. The molecule has 1 aliphatic heterocycles. The Morgan fingerprint density at radius 2 is 2.25 bits per heavy atom. The van der Waals surface area contributed by atoms with E-state index in [1.165, 1.54) is 19.5 Å². The number of methoxy groups -OCH3 is 1. The molecule has 0 aromatic heterocycles. The fourth-order valence-corrected chi connectivity index (χ4v) is 2.11. The Labute approximate surface area is 141 Å². The smallest absolute Gasteiger partial charge is 0.193 e. The van der Waals surface area contributed by atoms with Gasteiger partial charge in [0.2, 0.25) is 0 Å². The molecule has 112 valence electrons. The maximum absolute atomic E-state index is 6.03. The minimum absolute atomic E-state index is 0. The molecule has 2 rings (SSSR count). The summed E-state index contributed by atoms with van der Waals surface area (Å²) in [6, 6.07) is 5.40. The molecule has 1 fully saturated rings. The second-order valence-electron chi connectivity index (χ2n) is 4.44. The average Bonchev–Trinajstić information content (AvgIpc) is 2.32. The van der Waals surface area contributed by atoms with Crippen molar-refractivity contribution < 1.29 is 4.74 Å². The molecular weight excluding hydrogens is 391 g/mol. The van der Waals surface area contributed by atoms with Crippen LogP contribution in [-0.2, 0) is 0 Å². The van der Waals surface area contributed by atoms with Gasteiger partial charge in [0.15, 0.2) is 5.96 Å². The largest absolute Gasteiger partial charge is 0.495 e. The van der Waals surface area contributed by atoms with Gasteiger partial charge in [0.05, 0.1) is 18.7 Å². The van der Waals surface area contributed by atoms with Gasteiger partial charge in [-0.05, 0) is 37.7 Å². The number of benzene rings is 1. The van der Waals surface area contributed by atoms with Crippen molar-refractivity contribution in [3.05, 3.63) is 23.2 Å². The van der Waals surface area contributed by atoms with Crippen LogP contribution in [0.4, 0.5) is 5.69 Å². The Balaban J connectivity index is 0.00000200. The Kier molecular flexibility index (Phi) is 7.39. The molecule has 1 aromatic carbocycles. The lowest BCUT2D eigenvalue weighted by Crippen LogP contribution is -2.39. The minimum Gasteiger partial charge on any atom is -0.495 e. The number of hydrogen-bond donors (Lipinski definition) is 2. The number of likely N-dealkylation sites (tertiary alicyclic amines) is 1. The summed E-state index contributed by atoms with van der Waals surface area (Å²) < 4.78 is 5.09. The van der Waals surface area contributed by atoms with E-state index in [1.54, 1.807) is 19.2 Å². The van der Waals surface area contributed by atoms with E-state index in [1.807, 2.05) is 6.07 Å². The normalized spacial score (nSPS) is 15.2. The lowest BCUT2D eigenvalue weighted by atomic mass is 10.2. The second kappa shape index (κ2) is 8.53. The van der Waals surface area contributed by atoms with Crippen molar-refractivity contribution in [2.24, 2.45) is 10.7 Å². The van der Waals surface area contributed by atoms with Crippen molar-refractivity contribution in [2.45, 2.75) is 6.42 Å². The summed E-state index contributed by atoms with van der Waals surface area (Å²) in [6.07, 6.45) is 1.29. The Bertz CT molecular complexity index is 466. The molecule has 0 amide bonds. The predicted octanol–water partition coefficient (Wildman–Crippen LogP) is 2.40. The molecule has 5 nitrogen and oxygen atoms in total. The molecule has 1 heterocycles. The van der Waals surface area contributed by atoms with Crippen LogP contribution in [-0.4, -0.2) is 44.1 Å². The van der Waals surface area contributed by atoms with Crippen LogP contribution >= 0.6 is 35.6 Å². The van der Waals surface area contributed by atoms with Crippen LogP contribution in [0.25, 0.3) is 0 Å². The maximum atomic E-state index is 6.03. The zero-order valence-electron chi connectivity index (χ0n) is 11.4. The van der Waals surface area contributed by atoms with Crippen LogP contribution in [0.5, 0.6) is 5.75 Å². The van der Waals surface area contributed by atoms with Crippen LogP contribution in [0.1, 0.15) is 6.42 Å². The Morgan fingerprint density at radius 3 is 2.80 bits per heavy atom. The van der Waals surface area contributed by atoms with E-state index in [0.29, 0.717) is 23.3 Å². The van der Waals surface area contributed by atoms with E-state index in [2.05, 4.69) is 15.2 Å². The molecule has 0 radical (unpaired) electrons. The summed E-state index contributed by atoms with van der Waals surface area (Å²) in [5.41, 5.74) is 6.62. The molecule has 7 heteroatoms. The number of anilines is 1. The molecular formula is C13H20ClIN4O. The number of nitrogens with one attached hydrogen (secondary N) is 1. The van der Waals surface area contributed by atoms with Gasteiger partial charge in [-0.3, -0.25) is 4.99 Å². The monoisotopic (exact) mass is 410 g/mol. The fraction of sp³-hybridized carbons (Fsp3) is 0.462. The number of aliphatic imine (C=N–C) groups is 1. The summed E-state index contributed by atoms with van der Waals surface area (Å²) in [6.45, 7) is 4.03. The van der Waals surface area contributed by atoms with Crippen molar-refractivity contribution >= 4 is 47.2 Å². The minimum atomic E-state index is 0. The van der Waals surface area contributed by atoms with Gasteiger partial charge in [0.25, 0.3) is 0 Å². The molecule has 0 unspecified atom stereocenters. The zero-order chi connectivity index (χ0) is 13.7. The summed E-state index contributed by atoms with van der Waals surface area (Å²) in [4.78, 5) is 6.63. The van der Waals surface area contributed by atoms with Crippen LogP contribution < -0.4 is 15.8 Å². The standard InChI is InChI=1S/C13H19ClN4O.HI/c1-19-12-4-3-10(9-11(12)14)17-13(15)16-5-8-18-6-2-7-18;/h3-4,9H,2,5-8H2,1H3,(H3,15,16,17);1H. The van der Waals surface area contributed by atoms with Gasteiger partial charge in [-0.25, -0.2) is 0 Å². The lowest BCUT2D eigenvalue weighted by molar-refractivity contribution is 0.187. The molecule has 1 aliphatic rings. The molecule has 0 spiro atoms. The summed E-state index contributed by atoms with van der Waals surface area (Å²) in [7, 11) is 1.58. The predicted molar refractivity (Wildman–Crippen MR) is 94.6 cm³/mol. The van der Waals surface area contributed by atoms with Crippen LogP contribution in [0.3, 0.4) is 0 Å². The maximum Gasteiger partial charge on any atom is 0.193 e. The Morgan fingerprint density at radius 1 is 1.50 bits per heavy atom. The van der Waals surface area contributed by atoms with Crippen molar-refractivity contribution in [2.75, 3.05) is 38.6 Å². The van der Waals surface area contributed by atoms with Gasteiger partial charge in [-0.2, -0.15) is 0 Å². The Hall–Kier alpha value is -0.730. The average molecular weight is 411 g/mol. The molecule has 1 aromatic rings. The fourth-order valence-electron chi connectivity index (χ4n) is 1.85. The number of guanidine groups is 1. The molecule has 0 saturated carbocycles. The highest BCUT2D eigenvalue weighted by atomic mass is 127. The third-order valence-corrected chi connectivity index (χ3v) is 3.37. The summed E-state index contributed by atoms with van der Waals surface area (Å²) in [5, 5.41) is 3.56. The van der Waals surface area contributed by atoms with Gasteiger partial charge in [-0.15, -0.1) is 24.0 Å². The lowest BCUT2D eigenvalue weighted by Gasteiger charge is -2.29. The van der Waals surface area contributed by atoms with Crippen molar-refractivity contribution in [1.82, 2.24) is 4.90 Å². The number of nitrogens with two attached hydrogens (primary N) is 1. The van der Waals surface area contributed by atoms with E-state index < -0.39 is 0 Å². The first kappa shape index (κ1) is 17.3. The number of halogens is 2. The number of ether oxygens (including phenoxy) is 1. The molecule has 3 N–H and O–H groups in total. The van der Waals surface area contributed by atoms with Crippen LogP contribution in [0.2, 0.25) is 5.02 Å². The first-order valence-electron chi connectivity index (χ1n) is 6.32. The molecule has 0 aliphatic carbocycles. The molecule has 0 bridgehead atoms. The molecule has 20 heavy (non-hydrogen) atoms. The van der Waals surface area contributed by atoms with E-state index in [4.69, 9.17) is 22.1 Å². The van der Waals surface area contributed by atoms with E-state index in [0.717, 1.165) is 12.2 Å². The SMILES string of the molecule is COc1ccc(NC(N)=NCCN2CCC2)cc1Cl.I. The number of hydrogen-bond acceptors (Lipinski definition) is 3. The third-order valence-electron chi connectivity index (χ3n) is 3.07. The van der Waals surface area contributed by atoms with Gasteiger partial charge in [0.1, 0.15) is 5.75 Å². The third kappa shape index (κ3) is 4.99. The van der Waals surface area contributed by atoms with E-state index in [9.17, 15) is 0 Å². The second-order valence-corrected chi connectivity index (χ2v) is 4.84. The highest BCUT2D eigenvalue weighted by Crippen LogP contribution is 2.26. The number of nitrogens with zero attached hydrogens (tertiary/aromatic N) is 2. The van der Waals surface area contributed by atoms with Gasteiger partial charge in [-0.1, -0.05) is 11.6 Å². The highest BCUT2D eigenvalue weighted by Gasteiger charge is 2.11. The van der Waals surface area contributed by atoms with Gasteiger partial charge >= 0.3 is 0 Å². The van der Waals surface area contributed by atoms with Crippen LogP contribution in [0, 0.1) is 0 Å². The zero-order valence-corrected chi connectivity index (χ0v) is 14.5. The van der Waals surface area contributed by atoms with E-state index in [-0.39, 0.29) is 24.0 Å². The van der Waals surface area contributed by atoms with Crippen LogP contribution in [0.15, 0.2) is 23.2 Å². The van der Waals surface area contributed by atoms with Crippen molar-refractivity contribution in [3.63, 3.8) is 0 Å². The number of rotatable bonds is 5. The van der Waals surface area contributed by atoms with Crippen molar-refractivity contribution in [3.8, 4) is 5.75 Å². The highest BCUT2D eigenvalue weighted by molar-refractivity contribution is 14.0. The van der Waals surface area contributed by atoms with Gasteiger partial charge < -0.3 is 20.7 Å². The molecule has 0 atom stereocenters. The topological polar surface area (TPSA) is 62.9 Å². The van der Waals surface area contributed by atoms with Crippen molar-refractivity contribution in [1.29, 1.82) is 0 Å². The van der Waals surface area contributed by atoms with Gasteiger partial charge in [0, 0.05) is 12.2 Å².